The van der Waals surface area contributed by atoms with Crippen molar-refractivity contribution >= 4 is 0 Å². The Labute approximate surface area is 88.2 Å². The molecule has 0 amide bonds. The molecule has 1 rings (SSSR count). The third-order valence-electron chi connectivity index (χ3n) is 3.28. The zero-order chi connectivity index (χ0) is 10.7. The van der Waals surface area contributed by atoms with Gasteiger partial charge in [-0.3, -0.25) is 4.90 Å². The minimum Gasteiger partial charge on any atom is -0.327 e. The van der Waals surface area contributed by atoms with Crippen molar-refractivity contribution < 1.29 is 0 Å². The van der Waals surface area contributed by atoms with E-state index >= 15 is 0 Å². The molecule has 3 unspecified atom stereocenters. The second-order valence-electron chi connectivity index (χ2n) is 4.90. The van der Waals surface area contributed by atoms with Gasteiger partial charge >= 0.3 is 0 Å². The minimum absolute atomic E-state index is 0.276. The molecule has 1 aliphatic rings. The van der Waals surface area contributed by atoms with Crippen LogP contribution in [-0.2, 0) is 0 Å². The van der Waals surface area contributed by atoms with Gasteiger partial charge in [0.15, 0.2) is 0 Å². The highest BCUT2D eigenvalue weighted by atomic mass is 15.2. The van der Waals surface area contributed by atoms with Crippen LogP contribution in [0.3, 0.4) is 0 Å². The highest BCUT2D eigenvalue weighted by Crippen LogP contribution is 2.21. The number of nitrogens with zero attached hydrogens (tertiary/aromatic N) is 2. The normalized spacial score (nSPS) is 28.3. The molecule has 1 aliphatic heterocycles. The van der Waals surface area contributed by atoms with Crippen molar-refractivity contribution in [2.45, 2.75) is 44.8 Å². The molecule has 1 fully saturated rings. The van der Waals surface area contributed by atoms with E-state index in [1.807, 2.05) is 0 Å². The van der Waals surface area contributed by atoms with Crippen molar-refractivity contribution in [1.82, 2.24) is 9.80 Å². The minimum atomic E-state index is 0.276. The first-order chi connectivity index (χ1) is 6.52. The summed E-state index contributed by atoms with van der Waals surface area (Å²) >= 11 is 0. The average Bonchev–Trinajstić information content (AvgIpc) is 2.49. The summed E-state index contributed by atoms with van der Waals surface area (Å²) in [5, 5.41) is 0. The highest BCUT2D eigenvalue weighted by Gasteiger charge is 2.29. The van der Waals surface area contributed by atoms with Gasteiger partial charge in [0, 0.05) is 24.7 Å². The van der Waals surface area contributed by atoms with Gasteiger partial charge in [-0.05, 0) is 47.3 Å². The van der Waals surface area contributed by atoms with Crippen LogP contribution in [0.25, 0.3) is 0 Å². The molecule has 2 N–H and O–H groups in total. The molecule has 0 spiro atoms. The van der Waals surface area contributed by atoms with Crippen LogP contribution in [0.5, 0.6) is 0 Å². The lowest BCUT2D eigenvalue weighted by Gasteiger charge is -2.34. The van der Waals surface area contributed by atoms with E-state index in [-0.39, 0.29) is 6.04 Å². The lowest BCUT2D eigenvalue weighted by molar-refractivity contribution is 0.147. The molecule has 0 saturated carbocycles. The van der Waals surface area contributed by atoms with E-state index in [9.17, 15) is 0 Å². The van der Waals surface area contributed by atoms with Gasteiger partial charge in [-0.25, -0.2) is 0 Å². The molecule has 84 valence electrons. The van der Waals surface area contributed by atoms with E-state index < -0.39 is 0 Å². The Morgan fingerprint density at radius 1 is 1.43 bits per heavy atom. The second-order valence-corrected chi connectivity index (χ2v) is 4.90. The molecular formula is C11H25N3. The van der Waals surface area contributed by atoms with Gasteiger partial charge < -0.3 is 10.6 Å². The first-order valence-corrected chi connectivity index (χ1v) is 5.68. The fourth-order valence-corrected chi connectivity index (χ4v) is 2.31. The van der Waals surface area contributed by atoms with Gasteiger partial charge in [-0.1, -0.05) is 0 Å². The number of rotatable bonds is 4. The summed E-state index contributed by atoms with van der Waals surface area (Å²) < 4.78 is 0. The zero-order valence-electron chi connectivity index (χ0n) is 10.0. The summed E-state index contributed by atoms with van der Waals surface area (Å²) in [7, 11) is 4.29. The van der Waals surface area contributed by atoms with E-state index in [0.29, 0.717) is 12.1 Å². The predicted molar refractivity (Wildman–Crippen MR) is 61.4 cm³/mol. The van der Waals surface area contributed by atoms with Crippen molar-refractivity contribution in [1.29, 1.82) is 0 Å². The lowest BCUT2D eigenvalue weighted by atomic mass is 10.1. The Kier molecular flexibility index (Phi) is 4.35. The highest BCUT2D eigenvalue weighted by molar-refractivity contribution is 4.87. The molecule has 0 bridgehead atoms. The topological polar surface area (TPSA) is 32.5 Å². The second kappa shape index (κ2) is 5.10. The lowest BCUT2D eigenvalue weighted by Crippen LogP contribution is -2.49. The summed E-state index contributed by atoms with van der Waals surface area (Å²) in [6, 6.07) is 1.51. The van der Waals surface area contributed by atoms with Gasteiger partial charge in [-0.15, -0.1) is 0 Å². The van der Waals surface area contributed by atoms with E-state index in [2.05, 4.69) is 37.7 Å². The third kappa shape index (κ3) is 2.94. The van der Waals surface area contributed by atoms with Gasteiger partial charge in [0.25, 0.3) is 0 Å². The summed E-state index contributed by atoms with van der Waals surface area (Å²) in [5.41, 5.74) is 5.95. The molecule has 3 heteroatoms. The molecular weight excluding hydrogens is 174 g/mol. The van der Waals surface area contributed by atoms with Gasteiger partial charge in [-0.2, -0.15) is 0 Å². The van der Waals surface area contributed by atoms with Crippen LogP contribution >= 0.6 is 0 Å². The SMILES string of the molecule is CC(N)C(C)N1CCCC1CN(C)C. The van der Waals surface area contributed by atoms with E-state index in [1.54, 1.807) is 0 Å². The Balaban J connectivity index is 2.50. The van der Waals surface area contributed by atoms with Crippen LogP contribution < -0.4 is 5.73 Å². The Bertz CT molecular complexity index is 168. The molecule has 0 aromatic carbocycles. The quantitative estimate of drug-likeness (QED) is 0.725. The number of likely N-dealkylation sites (tertiary alicyclic amines) is 1. The largest absolute Gasteiger partial charge is 0.327 e. The number of hydrogen-bond donors (Lipinski definition) is 1. The molecule has 0 aromatic heterocycles. The summed E-state index contributed by atoms with van der Waals surface area (Å²) in [6.07, 6.45) is 2.66. The average molecular weight is 199 g/mol. The van der Waals surface area contributed by atoms with Crippen LogP contribution in [0.1, 0.15) is 26.7 Å². The van der Waals surface area contributed by atoms with Gasteiger partial charge in [0.05, 0.1) is 0 Å². The molecule has 3 atom stereocenters. The van der Waals surface area contributed by atoms with Crippen molar-refractivity contribution in [3.05, 3.63) is 0 Å². The van der Waals surface area contributed by atoms with Gasteiger partial charge in [0.1, 0.15) is 0 Å². The standard InChI is InChI=1S/C11H25N3/c1-9(12)10(2)14-7-5-6-11(14)8-13(3)4/h9-11H,5-8,12H2,1-4H3. The summed E-state index contributed by atoms with van der Waals surface area (Å²) in [6.45, 7) is 6.74. The van der Waals surface area contributed by atoms with E-state index in [4.69, 9.17) is 5.73 Å². The Morgan fingerprint density at radius 3 is 2.57 bits per heavy atom. The molecule has 14 heavy (non-hydrogen) atoms. The molecule has 0 radical (unpaired) electrons. The number of likely N-dealkylation sites (N-methyl/N-ethyl adjacent to an activating group) is 1. The van der Waals surface area contributed by atoms with E-state index in [0.717, 1.165) is 6.54 Å². The first-order valence-electron chi connectivity index (χ1n) is 5.68. The number of nitrogens with two attached hydrogens (primary N) is 1. The molecule has 1 saturated heterocycles. The van der Waals surface area contributed by atoms with Crippen molar-refractivity contribution in [3.63, 3.8) is 0 Å². The summed E-state index contributed by atoms with van der Waals surface area (Å²) in [4.78, 5) is 4.85. The molecule has 0 aromatic rings. The van der Waals surface area contributed by atoms with Crippen LogP contribution in [0.4, 0.5) is 0 Å². The number of hydrogen-bond acceptors (Lipinski definition) is 3. The first kappa shape index (κ1) is 12.0. The van der Waals surface area contributed by atoms with Gasteiger partial charge in [0.2, 0.25) is 0 Å². The van der Waals surface area contributed by atoms with Crippen LogP contribution in [0, 0.1) is 0 Å². The Hall–Kier alpha value is -0.120. The predicted octanol–water partition coefficient (Wildman–Crippen LogP) is 0.748. The van der Waals surface area contributed by atoms with E-state index in [1.165, 1.54) is 19.4 Å². The monoisotopic (exact) mass is 199 g/mol. The summed E-state index contributed by atoms with van der Waals surface area (Å²) in [5.74, 6) is 0. The molecule has 3 nitrogen and oxygen atoms in total. The van der Waals surface area contributed by atoms with Crippen molar-refractivity contribution in [2.75, 3.05) is 27.2 Å². The maximum Gasteiger partial charge on any atom is 0.0226 e. The van der Waals surface area contributed by atoms with Crippen LogP contribution in [0.15, 0.2) is 0 Å². The maximum absolute atomic E-state index is 5.95. The Morgan fingerprint density at radius 2 is 2.07 bits per heavy atom. The zero-order valence-corrected chi connectivity index (χ0v) is 10.0. The van der Waals surface area contributed by atoms with Crippen LogP contribution in [0.2, 0.25) is 0 Å². The fourth-order valence-electron chi connectivity index (χ4n) is 2.31. The van der Waals surface area contributed by atoms with Crippen molar-refractivity contribution in [2.24, 2.45) is 5.73 Å². The smallest absolute Gasteiger partial charge is 0.0226 e. The maximum atomic E-state index is 5.95. The van der Waals surface area contributed by atoms with Crippen LogP contribution in [-0.4, -0.2) is 55.1 Å². The third-order valence-corrected chi connectivity index (χ3v) is 3.28. The van der Waals surface area contributed by atoms with Crippen molar-refractivity contribution in [3.8, 4) is 0 Å². The molecule has 0 aliphatic carbocycles. The fraction of sp³-hybridized carbons (Fsp3) is 1.00. The molecule has 1 heterocycles.